The fourth-order valence-electron chi connectivity index (χ4n) is 2.21. The van der Waals surface area contributed by atoms with E-state index in [9.17, 15) is 13.5 Å². The number of nitrogens with zero attached hydrogens (tertiary/aromatic N) is 2. The highest BCUT2D eigenvalue weighted by atomic mass is 32.2. The Bertz CT molecular complexity index is 899. The number of hydrogen-bond acceptors (Lipinski definition) is 5. The second kappa shape index (κ2) is 6.60. The van der Waals surface area contributed by atoms with Crippen molar-refractivity contribution in [3.63, 3.8) is 0 Å². The summed E-state index contributed by atoms with van der Waals surface area (Å²) in [5.74, 6) is 0.340. The van der Waals surface area contributed by atoms with Crippen molar-refractivity contribution in [3.05, 3.63) is 66.4 Å². The lowest BCUT2D eigenvalue weighted by molar-refractivity contribution is 0.242. The number of hydrogen-bond donors (Lipinski definition) is 2. The molecule has 0 aliphatic carbocycles. The zero-order chi connectivity index (χ0) is 17.2. The van der Waals surface area contributed by atoms with E-state index in [0.29, 0.717) is 5.76 Å². The summed E-state index contributed by atoms with van der Waals surface area (Å²) in [6.45, 7) is 1.55. The smallest absolute Gasteiger partial charge is 0.244 e. The van der Waals surface area contributed by atoms with Crippen LogP contribution < -0.4 is 4.72 Å². The van der Waals surface area contributed by atoms with Crippen molar-refractivity contribution in [1.82, 2.24) is 14.5 Å². The monoisotopic (exact) mass is 347 g/mol. The van der Waals surface area contributed by atoms with Gasteiger partial charge in [-0.2, -0.15) is 9.82 Å². The lowest BCUT2D eigenvalue weighted by Crippen LogP contribution is -2.30. The van der Waals surface area contributed by atoms with Crippen molar-refractivity contribution in [1.29, 1.82) is 0 Å². The van der Waals surface area contributed by atoms with Crippen LogP contribution in [0.4, 0.5) is 0 Å². The molecular weight excluding hydrogens is 330 g/mol. The van der Waals surface area contributed by atoms with E-state index in [1.54, 1.807) is 12.1 Å². The molecule has 1 atom stereocenters. The van der Waals surface area contributed by atoms with E-state index in [0.717, 1.165) is 11.3 Å². The zero-order valence-electron chi connectivity index (χ0n) is 13.0. The molecule has 0 amide bonds. The molecule has 1 unspecified atom stereocenters. The second-order valence-corrected chi connectivity index (χ2v) is 7.04. The minimum atomic E-state index is -3.85. The van der Waals surface area contributed by atoms with E-state index in [1.165, 1.54) is 23.3 Å². The Morgan fingerprint density at radius 3 is 2.67 bits per heavy atom. The Morgan fingerprint density at radius 2 is 2.04 bits per heavy atom. The highest BCUT2D eigenvalue weighted by Gasteiger charge is 2.24. The largest absolute Gasteiger partial charge is 0.468 e. The summed E-state index contributed by atoms with van der Waals surface area (Å²) >= 11 is 0. The minimum absolute atomic E-state index is 0.00748. The molecular formula is C16H17N3O4S. The summed E-state index contributed by atoms with van der Waals surface area (Å²) in [5.41, 5.74) is 1.86. The molecule has 3 aromatic rings. The number of furan rings is 1. The fourth-order valence-corrected chi connectivity index (χ4v) is 3.34. The van der Waals surface area contributed by atoms with Crippen LogP contribution in [0, 0.1) is 6.92 Å². The maximum atomic E-state index is 12.5. The molecule has 7 nitrogen and oxygen atoms in total. The molecule has 2 heterocycles. The molecule has 126 valence electrons. The number of aromatic nitrogens is 2. The van der Waals surface area contributed by atoms with Crippen LogP contribution in [0.3, 0.4) is 0 Å². The van der Waals surface area contributed by atoms with Crippen LogP contribution >= 0.6 is 0 Å². The third kappa shape index (κ3) is 3.40. The van der Waals surface area contributed by atoms with Crippen LogP contribution in [0.15, 0.2) is 64.4 Å². The van der Waals surface area contributed by atoms with E-state index < -0.39 is 22.7 Å². The predicted molar refractivity (Wildman–Crippen MR) is 87.2 cm³/mol. The van der Waals surface area contributed by atoms with Crippen LogP contribution in [0.25, 0.3) is 5.69 Å². The molecule has 0 saturated carbocycles. The average Bonchev–Trinajstić information content (AvgIpc) is 3.25. The maximum Gasteiger partial charge on any atom is 0.244 e. The van der Waals surface area contributed by atoms with E-state index in [2.05, 4.69) is 9.82 Å². The standard InChI is InChI=1S/C16H17N3O4S/c1-12-4-6-13(7-5-12)19-10-14(9-17-19)24(21,22)18-15(11-20)16-3-2-8-23-16/h2-10,15,18,20H,11H2,1H3. The van der Waals surface area contributed by atoms with E-state index in [-0.39, 0.29) is 4.90 Å². The van der Waals surface area contributed by atoms with E-state index in [1.807, 2.05) is 31.2 Å². The molecule has 1 aromatic carbocycles. The predicted octanol–water partition coefficient (Wildman–Crippen LogP) is 1.79. The highest BCUT2D eigenvalue weighted by Crippen LogP contribution is 2.18. The van der Waals surface area contributed by atoms with Gasteiger partial charge >= 0.3 is 0 Å². The van der Waals surface area contributed by atoms with Gasteiger partial charge in [-0.1, -0.05) is 17.7 Å². The molecule has 0 fully saturated rings. The van der Waals surface area contributed by atoms with Gasteiger partial charge in [0, 0.05) is 0 Å². The SMILES string of the molecule is Cc1ccc(-n2cc(S(=O)(=O)NC(CO)c3ccco3)cn2)cc1. The molecule has 0 aliphatic rings. The molecule has 8 heteroatoms. The first-order valence-corrected chi connectivity index (χ1v) is 8.76. The van der Waals surface area contributed by atoms with Crippen LogP contribution in [0.5, 0.6) is 0 Å². The quantitative estimate of drug-likeness (QED) is 0.708. The van der Waals surface area contributed by atoms with E-state index in [4.69, 9.17) is 4.42 Å². The summed E-state index contributed by atoms with van der Waals surface area (Å²) in [5, 5.41) is 13.5. The summed E-state index contributed by atoms with van der Waals surface area (Å²) < 4.78 is 34.0. The lowest BCUT2D eigenvalue weighted by atomic mass is 10.2. The van der Waals surface area contributed by atoms with Crippen molar-refractivity contribution in [3.8, 4) is 5.69 Å². The Hall–Kier alpha value is -2.42. The first kappa shape index (κ1) is 16.4. The summed E-state index contributed by atoms with van der Waals surface area (Å²) in [6.07, 6.45) is 4.10. The lowest BCUT2D eigenvalue weighted by Gasteiger charge is -2.13. The molecule has 2 N–H and O–H groups in total. The van der Waals surface area contributed by atoms with Gasteiger partial charge in [-0.15, -0.1) is 0 Å². The van der Waals surface area contributed by atoms with Crippen LogP contribution in [-0.2, 0) is 10.0 Å². The molecule has 0 spiro atoms. The Balaban J connectivity index is 1.84. The van der Waals surface area contributed by atoms with Gasteiger partial charge in [-0.3, -0.25) is 0 Å². The Kier molecular flexibility index (Phi) is 4.52. The first-order valence-electron chi connectivity index (χ1n) is 7.28. The topological polar surface area (TPSA) is 97.4 Å². The average molecular weight is 347 g/mol. The van der Waals surface area contributed by atoms with Crippen molar-refractivity contribution in [2.24, 2.45) is 0 Å². The Labute approximate surface area is 139 Å². The fraction of sp³-hybridized carbons (Fsp3) is 0.188. The van der Waals surface area contributed by atoms with Gasteiger partial charge < -0.3 is 9.52 Å². The third-order valence-corrected chi connectivity index (χ3v) is 4.96. The zero-order valence-corrected chi connectivity index (χ0v) is 13.8. The summed E-state index contributed by atoms with van der Waals surface area (Å²) in [7, 11) is -3.85. The molecule has 3 rings (SSSR count). The first-order chi connectivity index (χ1) is 11.5. The summed E-state index contributed by atoms with van der Waals surface area (Å²) in [6, 6.07) is 9.91. The molecule has 0 radical (unpaired) electrons. The number of rotatable bonds is 6. The van der Waals surface area contributed by atoms with Crippen LogP contribution in [0.2, 0.25) is 0 Å². The number of sulfonamides is 1. The second-order valence-electron chi connectivity index (χ2n) is 5.33. The molecule has 0 saturated heterocycles. The molecule has 0 bridgehead atoms. The molecule has 2 aromatic heterocycles. The van der Waals surface area contributed by atoms with Gasteiger partial charge in [-0.05, 0) is 31.2 Å². The normalized spacial score (nSPS) is 13.1. The molecule has 0 aliphatic heterocycles. The number of benzene rings is 1. The van der Waals surface area contributed by atoms with Crippen molar-refractivity contribution >= 4 is 10.0 Å². The van der Waals surface area contributed by atoms with Gasteiger partial charge in [0.1, 0.15) is 16.7 Å². The molecule has 24 heavy (non-hydrogen) atoms. The van der Waals surface area contributed by atoms with Crippen molar-refractivity contribution in [2.45, 2.75) is 17.9 Å². The van der Waals surface area contributed by atoms with Gasteiger partial charge in [0.25, 0.3) is 0 Å². The third-order valence-electron chi connectivity index (χ3n) is 3.53. The maximum absolute atomic E-state index is 12.5. The number of aliphatic hydroxyl groups excluding tert-OH is 1. The van der Waals surface area contributed by atoms with Gasteiger partial charge in [-0.25, -0.2) is 13.1 Å². The van der Waals surface area contributed by atoms with Crippen LogP contribution in [-0.4, -0.2) is 29.9 Å². The number of aliphatic hydroxyl groups is 1. The van der Waals surface area contributed by atoms with Crippen LogP contribution in [0.1, 0.15) is 17.4 Å². The number of aryl methyl sites for hydroxylation is 1. The number of nitrogens with one attached hydrogen (secondary N) is 1. The van der Waals surface area contributed by atoms with Crippen molar-refractivity contribution < 1.29 is 17.9 Å². The van der Waals surface area contributed by atoms with E-state index >= 15 is 0 Å². The minimum Gasteiger partial charge on any atom is -0.468 e. The summed E-state index contributed by atoms with van der Waals surface area (Å²) in [4.78, 5) is 0.00748. The van der Waals surface area contributed by atoms with Crippen molar-refractivity contribution in [2.75, 3.05) is 6.61 Å². The van der Waals surface area contributed by atoms with Gasteiger partial charge in [0.05, 0.1) is 31.0 Å². The Morgan fingerprint density at radius 1 is 1.29 bits per heavy atom. The van der Waals surface area contributed by atoms with Gasteiger partial charge in [0.15, 0.2) is 0 Å². The van der Waals surface area contributed by atoms with Gasteiger partial charge in [0.2, 0.25) is 10.0 Å². The highest BCUT2D eigenvalue weighted by molar-refractivity contribution is 7.89.